The predicted molar refractivity (Wildman–Crippen MR) is 173 cm³/mol. The van der Waals surface area contributed by atoms with Gasteiger partial charge in [-0.1, -0.05) is 26.0 Å². The molecule has 16 nitrogen and oxygen atoms in total. The number of ether oxygens (including phenoxy) is 7. The van der Waals surface area contributed by atoms with Gasteiger partial charge in [0.05, 0.1) is 112 Å². The van der Waals surface area contributed by atoms with E-state index in [2.05, 4.69) is 36.4 Å². The molecule has 48 heavy (non-hydrogen) atoms. The van der Waals surface area contributed by atoms with Gasteiger partial charge in [-0.15, -0.1) is 5.10 Å². The Kier molecular flexibility index (Phi) is 18.6. The minimum absolute atomic E-state index is 0.0113. The Morgan fingerprint density at radius 2 is 1.25 bits per heavy atom. The summed E-state index contributed by atoms with van der Waals surface area (Å²) in [4.78, 5) is 38.5. The molecule has 2 aliphatic heterocycles. The van der Waals surface area contributed by atoms with Crippen LogP contribution in [0.15, 0.2) is 18.3 Å². The first-order valence-corrected chi connectivity index (χ1v) is 16.7. The van der Waals surface area contributed by atoms with Crippen LogP contribution in [-0.2, 0) is 55.8 Å². The van der Waals surface area contributed by atoms with Crippen molar-refractivity contribution in [3.63, 3.8) is 0 Å². The number of aromatic nitrogens is 3. The van der Waals surface area contributed by atoms with Gasteiger partial charge in [0.15, 0.2) is 0 Å². The second-order valence-corrected chi connectivity index (χ2v) is 12.4. The Balaban J connectivity index is 0.972. The molecule has 3 heterocycles. The molecule has 0 aliphatic carbocycles. The summed E-state index contributed by atoms with van der Waals surface area (Å²) in [5.41, 5.74) is 0.758. The van der Waals surface area contributed by atoms with Crippen LogP contribution in [-0.4, -0.2) is 155 Å². The molecule has 1 atom stereocenters. The third-order valence-electron chi connectivity index (χ3n) is 7.73. The fraction of sp³-hybridized carbons (Fsp3) is 0.781. The molecule has 1 unspecified atom stereocenters. The maximum atomic E-state index is 12.3. The molecule has 3 rings (SSSR count). The molecule has 16 heteroatoms. The van der Waals surface area contributed by atoms with Crippen molar-refractivity contribution in [2.24, 2.45) is 11.3 Å². The summed E-state index contributed by atoms with van der Waals surface area (Å²) in [5.74, 6) is -0.154. The lowest BCUT2D eigenvalue weighted by molar-refractivity contribution is -0.137. The van der Waals surface area contributed by atoms with Gasteiger partial charge in [0.25, 0.3) is 11.8 Å². The van der Waals surface area contributed by atoms with Gasteiger partial charge in [-0.3, -0.25) is 14.5 Å². The zero-order chi connectivity index (χ0) is 34.5. The number of imide groups is 1. The van der Waals surface area contributed by atoms with Crippen molar-refractivity contribution in [2.45, 2.75) is 40.3 Å². The number of carbonyl (C=O) groups excluding carboxylic acids is 3. The quantitative estimate of drug-likeness (QED) is 0.109. The van der Waals surface area contributed by atoms with Crippen molar-refractivity contribution in [3.05, 3.63) is 24.0 Å². The second-order valence-electron chi connectivity index (χ2n) is 12.4. The molecular weight excluding hydrogens is 628 g/mol. The van der Waals surface area contributed by atoms with Gasteiger partial charge in [0, 0.05) is 31.8 Å². The van der Waals surface area contributed by atoms with E-state index in [1.54, 1.807) is 10.9 Å². The molecule has 0 radical (unpaired) electrons. The number of likely N-dealkylation sites (tertiary alicyclic amines) is 1. The van der Waals surface area contributed by atoms with Crippen molar-refractivity contribution in [3.8, 4) is 0 Å². The van der Waals surface area contributed by atoms with Gasteiger partial charge in [0.1, 0.15) is 5.69 Å². The SMILES string of the molecule is CC(C)(C)C1CCN(C(=O)NCCOCCOCCOCCOCCOCCOCCOCCn2cc(CN3C(=O)C=CC3=O)nn2)C1. The first kappa shape index (κ1) is 39.4. The molecule has 1 aromatic rings. The third-order valence-corrected chi connectivity index (χ3v) is 7.73. The Morgan fingerprint density at radius 3 is 1.73 bits per heavy atom. The van der Waals surface area contributed by atoms with E-state index in [-0.39, 0.29) is 29.8 Å². The number of carbonyl (C=O) groups is 3. The lowest BCUT2D eigenvalue weighted by atomic mass is 9.80. The van der Waals surface area contributed by atoms with E-state index in [4.69, 9.17) is 33.2 Å². The maximum absolute atomic E-state index is 12.3. The van der Waals surface area contributed by atoms with Crippen molar-refractivity contribution in [2.75, 3.05) is 112 Å². The van der Waals surface area contributed by atoms with Crippen LogP contribution in [0.4, 0.5) is 4.79 Å². The molecule has 0 bridgehead atoms. The number of hydrogen-bond acceptors (Lipinski definition) is 12. The minimum atomic E-state index is -0.349. The monoisotopic (exact) mass is 682 g/mol. The first-order valence-electron chi connectivity index (χ1n) is 16.7. The zero-order valence-corrected chi connectivity index (χ0v) is 28.8. The number of urea groups is 1. The van der Waals surface area contributed by atoms with Crippen LogP contribution in [0.25, 0.3) is 0 Å². The highest BCUT2D eigenvalue weighted by Gasteiger charge is 2.33. The largest absolute Gasteiger partial charge is 0.377 e. The maximum Gasteiger partial charge on any atom is 0.317 e. The molecule has 1 fully saturated rings. The summed E-state index contributed by atoms with van der Waals surface area (Å²) >= 11 is 0. The molecule has 1 aromatic heterocycles. The van der Waals surface area contributed by atoms with E-state index in [1.165, 1.54) is 12.2 Å². The number of hydrogen-bond donors (Lipinski definition) is 1. The average molecular weight is 683 g/mol. The fourth-order valence-electron chi connectivity index (χ4n) is 4.84. The van der Waals surface area contributed by atoms with Crippen LogP contribution < -0.4 is 5.32 Å². The number of nitrogens with one attached hydrogen (secondary N) is 1. The van der Waals surface area contributed by atoms with Crippen LogP contribution in [0.1, 0.15) is 32.9 Å². The highest BCUT2D eigenvalue weighted by Crippen LogP contribution is 2.33. The summed E-state index contributed by atoms with van der Waals surface area (Å²) in [6, 6.07) is -0.0113. The molecule has 1 N–H and O–H groups in total. The molecule has 2 aliphatic rings. The third kappa shape index (κ3) is 15.9. The van der Waals surface area contributed by atoms with Crippen LogP contribution in [0.2, 0.25) is 0 Å². The van der Waals surface area contributed by atoms with Crippen molar-refractivity contribution in [1.29, 1.82) is 0 Å². The number of nitrogens with zero attached hydrogens (tertiary/aromatic N) is 5. The van der Waals surface area contributed by atoms with Gasteiger partial charge in [-0.25, -0.2) is 9.48 Å². The summed E-state index contributed by atoms with van der Waals surface area (Å²) < 4.78 is 40.1. The normalized spacial score (nSPS) is 16.5. The predicted octanol–water partition coefficient (Wildman–Crippen LogP) is 0.897. The second kappa shape index (κ2) is 22.6. The van der Waals surface area contributed by atoms with Crippen molar-refractivity contribution >= 4 is 17.8 Å². The Morgan fingerprint density at radius 1 is 0.771 bits per heavy atom. The lowest BCUT2D eigenvalue weighted by Gasteiger charge is -2.27. The molecule has 1 saturated heterocycles. The Labute approximate surface area is 283 Å². The molecule has 272 valence electrons. The molecule has 0 spiro atoms. The standard InChI is InChI=1S/C32H54N6O10/c1-32(2,3)27-6-8-36(24-27)31(41)33-7-10-42-12-14-44-16-18-46-20-22-48-23-21-47-19-17-45-15-13-43-11-9-37-25-28(34-35-37)26-38-29(39)4-5-30(38)40/h4-5,25,27H,6-24,26H2,1-3H3,(H,33,41). The van der Waals surface area contributed by atoms with Crippen molar-refractivity contribution in [1.82, 2.24) is 30.1 Å². The Hall–Kier alpha value is -2.99. The van der Waals surface area contributed by atoms with Crippen LogP contribution in [0, 0.1) is 11.3 Å². The van der Waals surface area contributed by atoms with Gasteiger partial charge in [-0.05, 0) is 17.8 Å². The van der Waals surface area contributed by atoms with Crippen molar-refractivity contribution < 1.29 is 47.5 Å². The van der Waals surface area contributed by atoms with Crippen LogP contribution in [0.3, 0.4) is 0 Å². The van der Waals surface area contributed by atoms with Gasteiger partial charge in [-0.2, -0.15) is 0 Å². The highest BCUT2D eigenvalue weighted by atomic mass is 16.6. The summed E-state index contributed by atoms with van der Waals surface area (Å²) in [7, 11) is 0. The van der Waals surface area contributed by atoms with E-state index in [0.29, 0.717) is 117 Å². The molecule has 0 aromatic carbocycles. The van der Waals surface area contributed by atoms with E-state index in [1.807, 2.05) is 4.90 Å². The fourth-order valence-corrected chi connectivity index (χ4v) is 4.84. The van der Waals surface area contributed by atoms with E-state index >= 15 is 0 Å². The topological polar surface area (TPSA) is 165 Å². The summed E-state index contributed by atoms with van der Waals surface area (Å²) in [5, 5.41) is 10.9. The van der Waals surface area contributed by atoms with Gasteiger partial charge >= 0.3 is 6.03 Å². The lowest BCUT2D eigenvalue weighted by Crippen LogP contribution is -2.40. The van der Waals surface area contributed by atoms with Crippen LogP contribution in [0.5, 0.6) is 0 Å². The van der Waals surface area contributed by atoms with E-state index in [0.717, 1.165) is 24.4 Å². The van der Waals surface area contributed by atoms with Gasteiger partial charge in [0.2, 0.25) is 0 Å². The smallest absolute Gasteiger partial charge is 0.317 e. The first-order chi connectivity index (χ1) is 23.2. The van der Waals surface area contributed by atoms with Crippen LogP contribution >= 0.6 is 0 Å². The molecule has 4 amide bonds. The summed E-state index contributed by atoms with van der Waals surface area (Å²) in [6.45, 7) is 15.9. The van der Waals surface area contributed by atoms with E-state index in [9.17, 15) is 14.4 Å². The average Bonchev–Trinajstić information content (AvgIpc) is 3.81. The Bertz CT molecular complexity index is 1090. The number of rotatable bonds is 26. The zero-order valence-electron chi connectivity index (χ0n) is 28.8. The summed E-state index contributed by atoms with van der Waals surface area (Å²) in [6.07, 6.45) is 5.23. The van der Waals surface area contributed by atoms with E-state index < -0.39 is 0 Å². The minimum Gasteiger partial charge on any atom is -0.377 e. The molecule has 0 saturated carbocycles. The highest BCUT2D eigenvalue weighted by molar-refractivity contribution is 6.12. The molecular formula is C32H54N6O10. The van der Waals surface area contributed by atoms with Gasteiger partial charge < -0.3 is 43.4 Å². The number of amides is 4.